The number of thioether (sulfide) groups is 1. The summed E-state index contributed by atoms with van der Waals surface area (Å²) in [5, 5.41) is 13.6. The molecule has 1 fully saturated rings. The summed E-state index contributed by atoms with van der Waals surface area (Å²) in [5.41, 5.74) is 0.501. The molecule has 2 N–H and O–H groups in total. The highest BCUT2D eigenvalue weighted by Crippen LogP contribution is 2.20. The summed E-state index contributed by atoms with van der Waals surface area (Å²) in [7, 11) is -3.49. The van der Waals surface area contributed by atoms with Crippen LogP contribution in [0.2, 0.25) is 0 Å². The monoisotopic (exact) mass is 298 g/mol. The van der Waals surface area contributed by atoms with Crippen molar-refractivity contribution in [3.8, 4) is 5.40 Å². The number of thiocyanates is 1. The molecule has 19 heavy (non-hydrogen) atoms. The van der Waals surface area contributed by atoms with Gasteiger partial charge in [-0.25, -0.2) is 0 Å². The Balaban J connectivity index is 2.05. The molecule has 2 rings (SSSR count). The second-order valence-corrected chi connectivity index (χ2v) is 6.50. The molecule has 8 heteroatoms. The van der Waals surface area contributed by atoms with Gasteiger partial charge >= 0.3 is 10.2 Å². The van der Waals surface area contributed by atoms with Crippen LogP contribution in [-0.4, -0.2) is 38.9 Å². The molecule has 0 bridgehead atoms. The van der Waals surface area contributed by atoms with Crippen LogP contribution in [-0.2, 0) is 10.2 Å². The molecule has 0 radical (unpaired) electrons. The van der Waals surface area contributed by atoms with Crippen molar-refractivity contribution in [1.82, 2.24) is 9.62 Å². The van der Waals surface area contributed by atoms with Crippen molar-refractivity contribution in [2.75, 3.05) is 30.9 Å². The summed E-state index contributed by atoms with van der Waals surface area (Å²) in [6.45, 7) is 2.27. The second kappa shape index (κ2) is 6.25. The highest BCUT2D eigenvalue weighted by atomic mass is 32.2. The maximum Gasteiger partial charge on any atom is 0.301 e. The number of benzene rings is 1. The third-order valence-electron chi connectivity index (χ3n) is 2.68. The summed E-state index contributed by atoms with van der Waals surface area (Å²) in [4.78, 5) is 0.785. The van der Waals surface area contributed by atoms with Crippen LogP contribution in [0.5, 0.6) is 0 Å². The third-order valence-corrected chi connectivity index (χ3v) is 4.82. The van der Waals surface area contributed by atoms with Gasteiger partial charge in [0.05, 0.1) is 0 Å². The number of piperazine rings is 1. The first kappa shape index (κ1) is 14.1. The van der Waals surface area contributed by atoms with Crippen molar-refractivity contribution in [2.24, 2.45) is 0 Å². The van der Waals surface area contributed by atoms with Gasteiger partial charge in [-0.15, -0.1) is 0 Å². The molecule has 1 aliphatic rings. The van der Waals surface area contributed by atoms with E-state index in [4.69, 9.17) is 5.26 Å². The highest BCUT2D eigenvalue weighted by molar-refractivity contribution is 8.03. The molecular formula is C11H14N4O2S2. The van der Waals surface area contributed by atoms with E-state index in [0.717, 1.165) is 16.7 Å². The van der Waals surface area contributed by atoms with Crippen molar-refractivity contribution < 1.29 is 8.42 Å². The molecule has 0 spiro atoms. The lowest BCUT2D eigenvalue weighted by atomic mass is 10.3. The molecular weight excluding hydrogens is 284 g/mol. The van der Waals surface area contributed by atoms with E-state index in [1.165, 1.54) is 4.31 Å². The normalized spacial score (nSPS) is 16.8. The van der Waals surface area contributed by atoms with Crippen LogP contribution < -0.4 is 10.0 Å². The highest BCUT2D eigenvalue weighted by Gasteiger charge is 2.23. The molecule has 102 valence electrons. The van der Waals surface area contributed by atoms with E-state index in [2.05, 4.69) is 10.0 Å². The number of nitriles is 1. The first-order valence-corrected chi connectivity index (χ1v) is 8.02. The summed E-state index contributed by atoms with van der Waals surface area (Å²) in [5.74, 6) is 0. The van der Waals surface area contributed by atoms with E-state index in [1.807, 2.05) is 5.40 Å². The SMILES string of the molecule is N#CSc1ccc(NS(=O)(=O)N2CCNCC2)cc1. The largest absolute Gasteiger partial charge is 0.314 e. The van der Waals surface area contributed by atoms with Crippen molar-refractivity contribution in [1.29, 1.82) is 5.26 Å². The topological polar surface area (TPSA) is 85.2 Å². The Labute approximate surface area is 117 Å². The van der Waals surface area contributed by atoms with E-state index >= 15 is 0 Å². The number of nitrogens with zero attached hydrogens (tertiary/aromatic N) is 2. The number of hydrogen-bond donors (Lipinski definition) is 2. The smallest absolute Gasteiger partial charge is 0.301 e. The minimum absolute atomic E-state index is 0.470. The molecule has 0 amide bonds. The Hall–Kier alpha value is -1.27. The van der Waals surface area contributed by atoms with E-state index in [9.17, 15) is 8.42 Å². The van der Waals surface area contributed by atoms with Gasteiger partial charge in [-0.2, -0.15) is 18.0 Å². The standard InChI is InChI=1S/C11H14N4O2S2/c12-9-18-11-3-1-10(2-4-11)14-19(16,17)15-7-5-13-6-8-15/h1-4,13-14H,5-8H2. The first-order valence-electron chi connectivity index (χ1n) is 5.76. The Morgan fingerprint density at radius 1 is 1.26 bits per heavy atom. The lowest BCUT2D eigenvalue weighted by Crippen LogP contribution is -2.48. The lowest BCUT2D eigenvalue weighted by molar-refractivity contribution is 0.362. The van der Waals surface area contributed by atoms with Crippen molar-refractivity contribution in [3.05, 3.63) is 24.3 Å². The Morgan fingerprint density at radius 2 is 1.89 bits per heavy atom. The third kappa shape index (κ3) is 3.84. The van der Waals surface area contributed by atoms with Crippen LogP contribution in [0.4, 0.5) is 5.69 Å². The van der Waals surface area contributed by atoms with E-state index < -0.39 is 10.2 Å². The maximum absolute atomic E-state index is 12.1. The predicted octanol–water partition coefficient (Wildman–Crippen LogP) is 0.822. The zero-order valence-electron chi connectivity index (χ0n) is 10.2. The molecule has 0 unspecified atom stereocenters. The molecule has 0 aromatic heterocycles. The van der Waals surface area contributed by atoms with Crippen LogP contribution >= 0.6 is 11.8 Å². The van der Waals surface area contributed by atoms with Crippen LogP contribution in [0.1, 0.15) is 0 Å². The van der Waals surface area contributed by atoms with Gasteiger partial charge in [-0.05, 0) is 36.0 Å². The van der Waals surface area contributed by atoms with Gasteiger partial charge in [0.25, 0.3) is 0 Å². The molecule has 1 aromatic carbocycles. The number of rotatable bonds is 4. The molecule has 6 nitrogen and oxygen atoms in total. The average molecular weight is 298 g/mol. The van der Waals surface area contributed by atoms with Gasteiger partial charge in [0, 0.05) is 36.8 Å². The molecule has 0 atom stereocenters. The lowest BCUT2D eigenvalue weighted by Gasteiger charge is -2.26. The molecule has 1 heterocycles. The van der Waals surface area contributed by atoms with Gasteiger partial charge < -0.3 is 5.32 Å². The molecule has 1 aromatic rings. The quantitative estimate of drug-likeness (QED) is 0.635. The summed E-state index contributed by atoms with van der Waals surface area (Å²) in [6.07, 6.45) is 0. The predicted molar refractivity (Wildman–Crippen MR) is 74.9 cm³/mol. The maximum atomic E-state index is 12.1. The molecule has 1 saturated heterocycles. The van der Waals surface area contributed by atoms with Crippen molar-refractivity contribution >= 4 is 27.7 Å². The zero-order chi connectivity index (χ0) is 13.7. The van der Waals surface area contributed by atoms with Crippen molar-refractivity contribution in [2.45, 2.75) is 4.90 Å². The zero-order valence-corrected chi connectivity index (χ0v) is 11.8. The summed E-state index contributed by atoms with van der Waals surface area (Å²) in [6, 6.07) is 6.73. The van der Waals surface area contributed by atoms with Gasteiger partial charge in [0.2, 0.25) is 0 Å². The fraction of sp³-hybridized carbons (Fsp3) is 0.364. The number of nitrogens with one attached hydrogen (secondary N) is 2. The molecule has 0 saturated carbocycles. The fourth-order valence-corrected chi connectivity index (χ4v) is 3.35. The van der Waals surface area contributed by atoms with Gasteiger partial charge in [0.1, 0.15) is 5.40 Å². The number of hydrogen-bond acceptors (Lipinski definition) is 5. The Bertz CT molecular complexity index is 559. The summed E-state index contributed by atoms with van der Waals surface area (Å²) < 4.78 is 28.1. The molecule has 1 aliphatic heterocycles. The first-order chi connectivity index (χ1) is 9.12. The van der Waals surface area contributed by atoms with Gasteiger partial charge in [-0.1, -0.05) is 0 Å². The van der Waals surface area contributed by atoms with Gasteiger partial charge in [-0.3, -0.25) is 4.72 Å². The van der Waals surface area contributed by atoms with Crippen LogP contribution in [0.25, 0.3) is 0 Å². The minimum Gasteiger partial charge on any atom is -0.314 e. The number of anilines is 1. The van der Waals surface area contributed by atoms with E-state index in [1.54, 1.807) is 24.3 Å². The van der Waals surface area contributed by atoms with Crippen LogP contribution in [0.15, 0.2) is 29.2 Å². The Kier molecular flexibility index (Phi) is 4.66. The van der Waals surface area contributed by atoms with E-state index in [-0.39, 0.29) is 0 Å². The van der Waals surface area contributed by atoms with E-state index in [0.29, 0.717) is 31.9 Å². The molecule has 0 aliphatic carbocycles. The van der Waals surface area contributed by atoms with Crippen LogP contribution in [0, 0.1) is 10.7 Å². The fourth-order valence-electron chi connectivity index (χ4n) is 1.74. The Morgan fingerprint density at radius 3 is 2.47 bits per heavy atom. The summed E-state index contributed by atoms with van der Waals surface area (Å²) >= 11 is 1.04. The van der Waals surface area contributed by atoms with Crippen molar-refractivity contribution in [3.63, 3.8) is 0 Å². The second-order valence-electron chi connectivity index (χ2n) is 3.97. The minimum atomic E-state index is -3.49. The van der Waals surface area contributed by atoms with Gasteiger partial charge in [0.15, 0.2) is 0 Å². The average Bonchev–Trinajstić information content (AvgIpc) is 2.42. The van der Waals surface area contributed by atoms with Crippen LogP contribution in [0.3, 0.4) is 0 Å².